The highest BCUT2D eigenvalue weighted by Crippen LogP contribution is 2.34. The van der Waals surface area contributed by atoms with E-state index in [4.69, 9.17) is 5.11 Å². The van der Waals surface area contributed by atoms with Crippen LogP contribution in [-0.2, 0) is 0 Å². The highest BCUT2D eigenvalue weighted by molar-refractivity contribution is 4.86. The second-order valence-electron chi connectivity index (χ2n) is 6.43. The van der Waals surface area contributed by atoms with Crippen LogP contribution < -0.4 is 0 Å². The van der Waals surface area contributed by atoms with Crippen LogP contribution in [0.1, 0.15) is 46.5 Å². The van der Waals surface area contributed by atoms with E-state index in [1.165, 1.54) is 0 Å². The largest absolute Gasteiger partial charge is 0.396 e. The molecule has 5 heteroatoms. The minimum absolute atomic E-state index is 0.0815. The van der Waals surface area contributed by atoms with Gasteiger partial charge >= 0.3 is 0 Å². The molecular formula is C15H32O5. The van der Waals surface area contributed by atoms with Gasteiger partial charge in [-0.25, -0.2) is 0 Å². The smallest absolute Gasteiger partial charge is 0.0828 e. The van der Waals surface area contributed by atoms with Gasteiger partial charge in [0.05, 0.1) is 12.2 Å². The van der Waals surface area contributed by atoms with Crippen LogP contribution in [0.5, 0.6) is 0 Å². The van der Waals surface area contributed by atoms with Gasteiger partial charge < -0.3 is 25.5 Å². The van der Waals surface area contributed by atoms with Crippen LogP contribution >= 0.6 is 0 Å². The molecular weight excluding hydrogens is 260 g/mol. The van der Waals surface area contributed by atoms with Crippen LogP contribution in [0.3, 0.4) is 0 Å². The molecule has 0 spiro atoms. The number of aliphatic hydroxyl groups excluding tert-OH is 5. The van der Waals surface area contributed by atoms with Crippen molar-refractivity contribution in [3.05, 3.63) is 0 Å². The van der Waals surface area contributed by atoms with Gasteiger partial charge in [-0.15, -0.1) is 0 Å². The summed E-state index contributed by atoms with van der Waals surface area (Å²) in [6.45, 7) is 5.40. The fourth-order valence-electron chi connectivity index (χ4n) is 2.64. The van der Waals surface area contributed by atoms with Crippen molar-refractivity contribution in [1.29, 1.82) is 0 Å². The van der Waals surface area contributed by atoms with Crippen LogP contribution in [0.15, 0.2) is 0 Å². The zero-order valence-electron chi connectivity index (χ0n) is 13.0. The first-order chi connectivity index (χ1) is 9.31. The van der Waals surface area contributed by atoms with Gasteiger partial charge in [0, 0.05) is 19.8 Å². The van der Waals surface area contributed by atoms with Crippen molar-refractivity contribution in [3.63, 3.8) is 0 Å². The van der Waals surface area contributed by atoms with E-state index in [1.807, 2.05) is 13.8 Å². The Morgan fingerprint density at radius 2 is 1.55 bits per heavy atom. The molecule has 0 radical (unpaired) electrons. The molecule has 4 atom stereocenters. The highest BCUT2D eigenvalue weighted by atomic mass is 16.3. The van der Waals surface area contributed by atoms with Crippen molar-refractivity contribution in [3.8, 4) is 0 Å². The van der Waals surface area contributed by atoms with E-state index < -0.39 is 17.6 Å². The number of hydrogen-bond acceptors (Lipinski definition) is 5. The normalized spacial score (nSPS) is 18.6. The van der Waals surface area contributed by atoms with E-state index in [2.05, 4.69) is 0 Å². The third-order valence-corrected chi connectivity index (χ3v) is 4.33. The molecule has 0 aliphatic carbocycles. The lowest BCUT2D eigenvalue weighted by atomic mass is 9.70. The maximum atomic E-state index is 10.2. The SMILES string of the molecule is CC(C(O)C(O)CCCCCO)C(CO)C(C)(C)CO. The molecule has 0 aromatic heterocycles. The topological polar surface area (TPSA) is 101 Å². The molecule has 20 heavy (non-hydrogen) atoms. The summed E-state index contributed by atoms with van der Waals surface area (Å²) in [6.07, 6.45) is 0.983. The van der Waals surface area contributed by atoms with E-state index in [-0.39, 0.29) is 31.7 Å². The molecule has 0 aromatic rings. The summed E-state index contributed by atoms with van der Waals surface area (Å²) in [5, 5.41) is 47.8. The van der Waals surface area contributed by atoms with Crippen LogP contribution in [-0.4, -0.2) is 57.6 Å². The van der Waals surface area contributed by atoms with Crippen LogP contribution in [0, 0.1) is 17.3 Å². The van der Waals surface area contributed by atoms with Crippen molar-refractivity contribution >= 4 is 0 Å². The third-order valence-electron chi connectivity index (χ3n) is 4.33. The second kappa shape index (κ2) is 9.68. The minimum atomic E-state index is -0.924. The number of aliphatic hydroxyl groups is 5. The van der Waals surface area contributed by atoms with Gasteiger partial charge in [0.25, 0.3) is 0 Å². The van der Waals surface area contributed by atoms with Crippen molar-refractivity contribution < 1.29 is 25.5 Å². The summed E-state index contributed by atoms with van der Waals surface area (Å²) < 4.78 is 0. The Labute approximate surface area is 122 Å². The molecule has 0 heterocycles. The average Bonchev–Trinajstić information content (AvgIpc) is 2.42. The lowest BCUT2D eigenvalue weighted by molar-refractivity contribution is -0.0713. The lowest BCUT2D eigenvalue weighted by Crippen LogP contribution is -2.44. The fraction of sp³-hybridized carbons (Fsp3) is 1.00. The lowest BCUT2D eigenvalue weighted by Gasteiger charge is -2.39. The summed E-state index contributed by atoms with van der Waals surface area (Å²) in [5.41, 5.74) is -0.508. The quantitative estimate of drug-likeness (QED) is 0.358. The molecule has 5 N–H and O–H groups in total. The van der Waals surface area contributed by atoms with Crippen molar-refractivity contribution in [2.45, 2.75) is 58.7 Å². The van der Waals surface area contributed by atoms with E-state index in [1.54, 1.807) is 6.92 Å². The predicted molar refractivity (Wildman–Crippen MR) is 78.2 cm³/mol. The second-order valence-corrected chi connectivity index (χ2v) is 6.43. The Kier molecular flexibility index (Phi) is 9.59. The molecule has 0 aliphatic rings. The molecule has 0 aliphatic heterocycles. The highest BCUT2D eigenvalue weighted by Gasteiger charge is 2.37. The Morgan fingerprint density at radius 1 is 0.950 bits per heavy atom. The first-order valence-corrected chi connectivity index (χ1v) is 7.50. The Morgan fingerprint density at radius 3 is 2.00 bits per heavy atom. The van der Waals surface area contributed by atoms with Crippen LogP contribution in [0.2, 0.25) is 0 Å². The van der Waals surface area contributed by atoms with E-state index in [0.29, 0.717) is 12.8 Å². The van der Waals surface area contributed by atoms with Gasteiger partial charge in [-0.3, -0.25) is 0 Å². The molecule has 0 amide bonds. The molecule has 4 unspecified atom stereocenters. The molecule has 0 saturated carbocycles. The van der Waals surface area contributed by atoms with Crippen molar-refractivity contribution in [2.24, 2.45) is 17.3 Å². The summed E-state index contributed by atoms with van der Waals surface area (Å²) >= 11 is 0. The minimum Gasteiger partial charge on any atom is -0.396 e. The van der Waals surface area contributed by atoms with Gasteiger partial charge in [0.1, 0.15) is 0 Å². The Bertz CT molecular complexity index is 244. The van der Waals surface area contributed by atoms with Gasteiger partial charge in [0.2, 0.25) is 0 Å². The Balaban J connectivity index is 4.45. The molecule has 0 saturated heterocycles. The molecule has 5 nitrogen and oxygen atoms in total. The van der Waals surface area contributed by atoms with E-state index >= 15 is 0 Å². The molecule has 0 fully saturated rings. The molecule has 122 valence electrons. The first-order valence-electron chi connectivity index (χ1n) is 7.50. The molecule has 0 rings (SSSR count). The van der Waals surface area contributed by atoms with Crippen LogP contribution in [0.25, 0.3) is 0 Å². The van der Waals surface area contributed by atoms with Crippen molar-refractivity contribution in [2.75, 3.05) is 19.8 Å². The fourth-order valence-corrected chi connectivity index (χ4v) is 2.64. The van der Waals surface area contributed by atoms with Gasteiger partial charge in [-0.2, -0.15) is 0 Å². The number of hydrogen-bond donors (Lipinski definition) is 5. The predicted octanol–water partition coefficient (Wildman–Crippen LogP) is 0.524. The van der Waals surface area contributed by atoms with Gasteiger partial charge in [0.15, 0.2) is 0 Å². The summed E-state index contributed by atoms with van der Waals surface area (Å²) in [5.74, 6) is -0.593. The van der Waals surface area contributed by atoms with Crippen molar-refractivity contribution in [1.82, 2.24) is 0 Å². The summed E-state index contributed by atoms with van der Waals surface area (Å²) in [4.78, 5) is 0. The van der Waals surface area contributed by atoms with Gasteiger partial charge in [-0.1, -0.05) is 33.6 Å². The zero-order chi connectivity index (χ0) is 15.8. The number of rotatable bonds is 11. The first kappa shape index (κ1) is 19.8. The van der Waals surface area contributed by atoms with E-state index in [9.17, 15) is 20.4 Å². The third kappa shape index (κ3) is 6.06. The summed E-state index contributed by atoms with van der Waals surface area (Å²) in [6, 6.07) is 0. The molecule has 0 aromatic carbocycles. The monoisotopic (exact) mass is 292 g/mol. The number of unbranched alkanes of at least 4 members (excludes halogenated alkanes) is 2. The van der Waals surface area contributed by atoms with E-state index in [0.717, 1.165) is 12.8 Å². The summed E-state index contributed by atoms with van der Waals surface area (Å²) in [7, 11) is 0. The maximum absolute atomic E-state index is 10.2. The Hall–Kier alpha value is -0.200. The standard InChI is InChI=1S/C15H32O5/c1-11(12(9-17)15(2,3)10-18)14(20)13(19)7-5-4-6-8-16/h11-14,16-20H,4-10H2,1-3H3. The zero-order valence-corrected chi connectivity index (χ0v) is 13.0. The maximum Gasteiger partial charge on any atom is 0.0828 e. The average molecular weight is 292 g/mol. The van der Waals surface area contributed by atoms with Crippen LogP contribution in [0.4, 0.5) is 0 Å². The molecule has 0 bridgehead atoms. The van der Waals surface area contributed by atoms with Gasteiger partial charge in [-0.05, 0) is 30.1 Å².